The Hall–Kier alpha value is -2.82. The minimum Gasteiger partial charge on any atom is -0.465 e. The maximum Gasteiger partial charge on any atom is 0.337 e. The number of methoxy groups -OCH3 is 1. The van der Waals surface area contributed by atoms with Gasteiger partial charge >= 0.3 is 5.97 Å². The van der Waals surface area contributed by atoms with Crippen molar-refractivity contribution in [3.63, 3.8) is 0 Å². The van der Waals surface area contributed by atoms with Crippen molar-refractivity contribution in [2.24, 2.45) is 0 Å². The largest absolute Gasteiger partial charge is 0.465 e. The van der Waals surface area contributed by atoms with E-state index in [-0.39, 0.29) is 18.4 Å². The first-order valence-corrected chi connectivity index (χ1v) is 7.82. The first-order valence-electron chi connectivity index (χ1n) is 7.82. The minimum absolute atomic E-state index is 0.0304. The van der Waals surface area contributed by atoms with Gasteiger partial charge in [0.15, 0.2) is 0 Å². The predicted octanol–water partition coefficient (Wildman–Crippen LogP) is 3.05. The summed E-state index contributed by atoms with van der Waals surface area (Å²) in [5, 5.41) is 3.18. The lowest BCUT2D eigenvalue weighted by Crippen LogP contribution is -2.39. The number of amides is 1. The van der Waals surface area contributed by atoms with E-state index in [2.05, 4.69) is 18.3 Å². The van der Waals surface area contributed by atoms with E-state index in [4.69, 9.17) is 4.74 Å². The Labute approximate surface area is 141 Å². The number of carbonyl (C=O) groups excluding carboxylic acids is 2. The predicted molar refractivity (Wildman–Crippen MR) is 93.4 cm³/mol. The van der Waals surface area contributed by atoms with Gasteiger partial charge in [-0.05, 0) is 54.8 Å². The quantitative estimate of drug-likeness (QED) is 0.882. The van der Waals surface area contributed by atoms with Crippen LogP contribution in [0.5, 0.6) is 0 Å². The molecule has 0 radical (unpaired) electrons. The lowest BCUT2D eigenvalue weighted by molar-refractivity contribution is -0.117. The van der Waals surface area contributed by atoms with E-state index >= 15 is 0 Å². The highest BCUT2D eigenvalue weighted by Gasteiger charge is 2.24. The maximum atomic E-state index is 12.4. The first kappa shape index (κ1) is 16.1. The number of fused-ring (bicyclic) bond motifs is 1. The molecule has 0 aromatic heterocycles. The SMILES string of the molecule is COC(=O)c1ccc(CN2C(=O)CNc3cc(C)c(C)cc32)cc1. The highest BCUT2D eigenvalue weighted by atomic mass is 16.5. The van der Waals surface area contributed by atoms with Crippen molar-refractivity contribution >= 4 is 23.3 Å². The van der Waals surface area contributed by atoms with Crippen molar-refractivity contribution in [3.8, 4) is 0 Å². The van der Waals surface area contributed by atoms with Crippen LogP contribution in [0, 0.1) is 13.8 Å². The number of nitrogens with one attached hydrogen (secondary N) is 1. The van der Waals surface area contributed by atoms with Crippen LogP contribution in [0.15, 0.2) is 36.4 Å². The summed E-state index contributed by atoms with van der Waals surface area (Å²) in [6.07, 6.45) is 0. The second kappa shape index (κ2) is 6.35. The Bertz CT molecular complexity index is 797. The number of rotatable bonds is 3. The van der Waals surface area contributed by atoms with E-state index in [1.54, 1.807) is 17.0 Å². The number of nitrogens with zero attached hydrogens (tertiary/aromatic N) is 1. The number of carbonyl (C=O) groups is 2. The summed E-state index contributed by atoms with van der Waals surface area (Å²) >= 11 is 0. The first-order chi connectivity index (χ1) is 11.5. The fourth-order valence-corrected chi connectivity index (χ4v) is 2.79. The molecule has 1 amide bonds. The van der Waals surface area contributed by atoms with Gasteiger partial charge in [-0.25, -0.2) is 4.79 Å². The molecule has 1 aliphatic heterocycles. The molecule has 0 saturated heterocycles. The molecule has 0 unspecified atom stereocenters. The van der Waals surface area contributed by atoms with Crippen LogP contribution >= 0.6 is 0 Å². The molecule has 1 aliphatic rings. The highest BCUT2D eigenvalue weighted by Crippen LogP contribution is 2.33. The van der Waals surface area contributed by atoms with Gasteiger partial charge in [0.1, 0.15) is 0 Å². The van der Waals surface area contributed by atoms with Crippen molar-refractivity contribution in [1.29, 1.82) is 0 Å². The third-order valence-corrected chi connectivity index (χ3v) is 4.35. The van der Waals surface area contributed by atoms with E-state index in [1.165, 1.54) is 12.7 Å². The summed E-state index contributed by atoms with van der Waals surface area (Å²) in [6, 6.07) is 11.2. The number of ether oxygens (including phenoxy) is 1. The molecule has 5 nitrogen and oxygen atoms in total. The van der Waals surface area contributed by atoms with Gasteiger partial charge in [0.25, 0.3) is 0 Å². The van der Waals surface area contributed by atoms with Crippen molar-refractivity contribution < 1.29 is 14.3 Å². The Morgan fingerprint density at radius 1 is 1.17 bits per heavy atom. The monoisotopic (exact) mass is 324 g/mol. The zero-order chi connectivity index (χ0) is 17.3. The number of esters is 1. The third-order valence-electron chi connectivity index (χ3n) is 4.35. The molecule has 0 spiro atoms. The van der Waals surface area contributed by atoms with Crippen LogP contribution in [0.25, 0.3) is 0 Å². The molecule has 3 rings (SSSR count). The zero-order valence-electron chi connectivity index (χ0n) is 14.1. The van der Waals surface area contributed by atoms with Crippen molar-refractivity contribution in [2.75, 3.05) is 23.9 Å². The minimum atomic E-state index is -0.365. The van der Waals surface area contributed by atoms with E-state index in [0.717, 1.165) is 22.5 Å². The molecule has 2 aromatic carbocycles. The molecule has 0 atom stereocenters. The van der Waals surface area contributed by atoms with Gasteiger partial charge in [0, 0.05) is 0 Å². The molecule has 0 bridgehead atoms. The van der Waals surface area contributed by atoms with Crippen LogP contribution < -0.4 is 10.2 Å². The lowest BCUT2D eigenvalue weighted by Gasteiger charge is -2.31. The van der Waals surface area contributed by atoms with Crippen LogP contribution in [0.2, 0.25) is 0 Å². The molecule has 24 heavy (non-hydrogen) atoms. The molecule has 1 heterocycles. The molecule has 2 aromatic rings. The van der Waals surface area contributed by atoms with Gasteiger partial charge in [0.05, 0.1) is 37.1 Å². The van der Waals surface area contributed by atoms with Gasteiger partial charge < -0.3 is 15.0 Å². The summed E-state index contributed by atoms with van der Waals surface area (Å²) in [5.41, 5.74) is 5.67. The fourth-order valence-electron chi connectivity index (χ4n) is 2.79. The van der Waals surface area contributed by atoms with Crippen LogP contribution in [-0.2, 0) is 16.1 Å². The molecular formula is C19H20N2O3. The van der Waals surface area contributed by atoms with Gasteiger partial charge in [-0.2, -0.15) is 0 Å². The molecule has 0 aliphatic carbocycles. The van der Waals surface area contributed by atoms with Crippen molar-refractivity contribution in [3.05, 3.63) is 58.7 Å². The van der Waals surface area contributed by atoms with E-state index in [1.807, 2.05) is 25.1 Å². The Morgan fingerprint density at radius 3 is 2.50 bits per heavy atom. The zero-order valence-corrected chi connectivity index (χ0v) is 14.1. The molecule has 0 fully saturated rings. The van der Waals surface area contributed by atoms with E-state index < -0.39 is 0 Å². The van der Waals surface area contributed by atoms with Crippen LogP contribution in [0.4, 0.5) is 11.4 Å². The molecule has 5 heteroatoms. The van der Waals surface area contributed by atoms with Crippen LogP contribution in [0.1, 0.15) is 27.0 Å². The second-order valence-corrected chi connectivity index (χ2v) is 5.98. The molecular weight excluding hydrogens is 304 g/mol. The van der Waals surface area contributed by atoms with E-state index in [9.17, 15) is 9.59 Å². The summed E-state index contributed by atoms with van der Waals surface area (Å²) in [6.45, 7) is 4.86. The van der Waals surface area contributed by atoms with Gasteiger partial charge in [-0.1, -0.05) is 12.1 Å². The third kappa shape index (κ3) is 2.97. The summed E-state index contributed by atoms with van der Waals surface area (Å²) in [5.74, 6) is -0.334. The van der Waals surface area contributed by atoms with Gasteiger partial charge in [-0.3, -0.25) is 4.79 Å². The number of benzene rings is 2. The lowest BCUT2D eigenvalue weighted by atomic mass is 10.0. The van der Waals surface area contributed by atoms with Crippen LogP contribution in [-0.4, -0.2) is 25.5 Å². The number of hydrogen-bond donors (Lipinski definition) is 1. The Balaban J connectivity index is 1.89. The maximum absolute atomic E-state index is 12.4. The second-order valence-electron chi connectivity index (χ2n) is 5.98. The Kier molecular flexibility index (Phi) is 4.25. The topological polar surface area (TPSA) is 58.6 Å². The van der Waals surface area contributed by atoms with Crippen molar-refractivity contribution in [1.82, 2.24) is 0 Å². The average Bonchev–Trinajstić information content (AvgIpc) is 2.59. The van der Waals surface area contributed by atoms with Crippen LogP contribution in [0.3, 0.4) is 0 Å². The number of anilines is 2. The number of aryl methyl sites for hydroxylation is 2. The van der Waals surface area contributed by atoms with Crippen molar-refractivity contribution in [2.45, 2.75) is 20.4 Å². The number of hydrogen-bond acceptors (Lipinski definition) is 4. The Morgan fingerprint density at radius 2 is 1.83 bits per heavy atom. The summed E-state index contributed by atoms with van der Waals surface area (Å²) in [7, 11) is 1.36. The van der Waals surface area contributed by atoms with E-state index in [0.29, 0.717) is 12.1 Å². The standard InChI is InChI=1S/C19H20N2O3/c1-12-8-16-17(9-13(12)2)21(18(22)10-20-16)11-14-4-6-15(7-5-14)19(23)24-3/h4-9,20H,10-11H2,1-3H3. The molecule has 1 N–H and O–H groups in total. The average molecular weight is 324 g/mol. The fraction of sp³-hybridized carbons (Fsp3) is 0.263. The molecule has 124 valence electrons. The van der Waals surface area contributed by atoms with Gasteiger partial charge in [0.2, 0.25) is 5.91 Å². The summed E-state index contributed by atoms with van der Waals surface area (Å²) in [4.78, 5) is 25.7. The van der Waals surface area contributed by atoms with Gasteiger partial charge in [-0.15, -0.1) is 0 Å². The smallest absolute Gasteiger partial charge is 0.337 e. The molecule has 0 saturated carbocycles. The highest BCUT2D eigenvalue weighted by molar-refractivity contribution is 6.02. The normalized spacial score (nSPS) is 13.3. The summed E-state index contributed by atoms with van der Waals surface area (Å²) < 4.78 is 4.70.